The van der Waals surface area contributed by atoms with Gasteiger partial charge >= 0.3 is 0 Å². The number of nitrogens with zero attached hydrogens (tertiary/aromatic N) is 4. The second-order valence-corrected chi connectivity index (χ2v) is 15.0. The van der Waals surface area contributed by atoms with Gasteiger partial charge in [0.2, 0.25) is 0 Å². The molecule has 0 radical (unpaired) electrons. The van der Waals surface area contributed by atoms with E-state index in [0.717, 1.165) is 50.2 Å². The second-order valence-electron chi connectivity index (χ2n) is 15.0. The quantitative estimate of drug-likeness (QED) is 0.176. The average molecular weight is 739 g/mol. The summed E-state index contributed by atoms with van der Waals surface area (Å²) in [6, 6.07) is 73.9. The molecule has 12 rings (SSSR count). The molecule has 0 fully saturated rings. The van der Waals surface area contributed by atoms with Gasteiger partial charge in [0.1, 0.15) is 0 Å². The van der Waals surface area contributed by atoms with E-state index in [2.05, 4.69) is 203 Å². The monoisotopic (exact) mass is 738 g/mol. The van der Waals surface area contributed by atoms with E-state index in [1.165, 1.54) is 54.4 Å². The van der Waals surface area contributed by atoms with Gasteiger partial charge in [0.05, 0.1) is 39.1 Å². The number of rotatable bonds is 5. The van der Waals surface area contributed by atoms with Crippen LogP contribution < -0.4 is 0 Å². The first-order chi connectivity index (χ1) is 28.7. The van der Waals surface area contributed by atoms with Crippen molar-refractivity contribution in [2.75, 3.05) is 0 Å². The highest BCUT2D eigenvalue weighted by Gasteiger charge is 2.20. The van der Waals surface area contributed by atoms with E-state index < -0.39 is 0 Å². The van der Waals surface area contributed by atoms with Gasteiger partial charge in [-0.3, -0.25) is 0 Å². The molecule has 0 unspecified atom stereocenters. The lowest BCUT2D eigenvalue weighted by Crippen LogP contribution is -1.98. The van der Waals surface area contributed by atoms with Crippen molar-refractivity contribution in [2.45, 2.75) is 0 Å². The maximum Gasteiger partial charge on any atom is 0.160 e. The summed E-state index contributed by atoms with van der Waals surface area (Å²) < 4.78 is 4.88. The smallest absolute Gasteiger partial charge is 0.160 e. The third-order valence-corrected chi connectivity index (χ3v) is 11.7. The number of hydrogen-bond acceptors (Lipinski definition) is 2. The van der Waals surface area contributed by atoms with E-state index in [1.54, 1.807) is 0 Å². The Morgan fingerprint density at radius 2 is 0.879 bits per heavy atom. The zero-order valence-corrected chi connectivity index (χ0v) is 31.4. The topological polar surface area (TPSA) is 35.6 Å². The van der Waals surface area contributed by atoms with Gasteiger partial charge in [-0.2, -0.15) is 0 Å². The van der Waals surface area contributed by atoms with Gasteiger partial charge in [-0.05, 0) is 70.8 Å². The van der Waals surface area contributed by atoms with Crippen LogP contribution in [-0.4, -0.2) is 19.1 Å². The molecule has 9 aromatic carbocycles. The third-order valence-electron chi connectivity index (χ3n) is 11.7. The van der Waals surface area contributed by atoms with Gasteiger partial charge in [-0.25, -0.2) is 9.97 Å². The van der Waals surface area contributed by atoms with Gasteiger partial charge in [0.15, 0.2) is 5.82 Å². The Labute approximate surface area is 334 Å². The molecule has 0 aliphatic rings. The molecule has 4 heteroatoms. The first-order valence-electron chi connectivity index (χ1n) is 19.7. The Morgan fingerprint density at radius 1 is 0.293 bits per heavy atom. The average Bonchev–Trinajstić information content (AvgIpc) is 3.80. The molecule has 0 aliphatic carbocycles. The maximum absolute atomic E-state index is 5.14. The van der Waals surface area contributed by atoms with Crippen LogP contribution in [0.25, 0.3) is 110 Å². The molecule has 0 bridgehead atoms. The molecule has 3 aromatic heterocycles. The maximum atomic E-state index is 5.14. The zero-order valence-electron chi connectivity index (χ0n) is 31.4. The SMILES string of the molecule is c1ccc(-c2cc(-c3ccccc3)nc(-c3ccc4c(-n5c6ccccc6c6cc7c8ccccc8n(-c8ccc9ccccc9c8)c7cc65)cccc4c3)n2)cc1. The Morgan fingerprint density at radius 3 is 1.59 bits per heavy atom. The summed E-state index contributed by atoms with van der Waals surface area (Å²) in [4.78, 5) is 10.3. The molecule has 0 saturated heterocycles. The Hall–Kier alpha value is -7.82. The molecule has 4 nitrogen and oxygen atoms in total. The number of benzene rings is 9. The minimum atomic E-state index is 0.702. The van der Waals surface area contributed by atoms with Gasteiger partial charge in [0, 0.05) is 49.3 Å². The standard InChI is InChI=1S/C54H34N4/c1-3-15-36(16-4-1)47-33-48(37-17-5-2-6-18-37)56-54(55-47)40-27-29-42-39(30-40)20-13-25-49(42)58-51-24-12-10-22-44(51)46-32-45-43-21-9-11-23-50(43)57(52(45)34-53(46)58)41-28-26-35-14-7-8-19-38(35)31-41/h1-34H. The second kappa shape index (κ2) is 12.9. The van der Waals surface area contributed by atoms with Crippen LogP contribution in [0.4, 0.5) is 0 Å². The largest absolute Gasteiger partial charge is 0.309 e. The van der Waals surface area contributed by atoms with Crippen molar-refractivity contribution in [3.63, 3.8) is 0 Å². The van der Waals surface area contributed by atoms with Gasteiger partial charge < -0.3 is 9.13 Å². The van der Waals surface area contributed by atoms with Crippen molar-refractivity contribution < 1.29 is 0 Å². The number of para-hydroxylation sites is 2. The van der Waals surface area contributed by atoms with Crippen LogP contribution in [0, 0.1) is 0 Å². The molecule has 0 saturated carbocycles. The van der Waals surface area contributed by atoms with E-state index in [-0.39, 0.29) is 0 Å². The van der Waals surface area contributed by atoms with Crippen molar-refractivity contribution in [1.82, 2.24) is 19.1 Å². The molecular formula is C54H34N4. The van der Waals surface area contributed by atoms with Crippen molar-refractivity contribution in [3.8, 4) is 45.3 Å². The predicted octanol–water partition coefficient (Wildman–Crippen LogP) is 14.0. The molecule has 0 amide bonds. The van der Waals surface area contributed by atoms with Crippen LogP contribution in [-0.2, 0) is 0 Å². The van der Waals surface area contributed by atoms with E-state index in [0.29, 0.717) is 5.82 Å². The third kappa shape index (κ3) is 5.09. The molecule has 3 heterocycles. The Kier molecular flexibility index (Phi) is 7.20. The summed E-state index contributed by atoms with van der Waals surface area (Å²) in [5.74, 6) is 0.702. The minimum Gasteiger partial charge on any atom is -0.309 e. The van der Waals surface area contributed by atoms with Crippen LogP contribution in [0.1, 0.15) is 0 Å². The van der Waals surface area contributed by atoms with Crippen molar-refractivity contribution in [3.05, 3.63) is 206 Å². The molecule has 0 spiro atoms. The zero-order chi connectivity index (χ0) is 38.2. The molecule has 0 atom stereocenters. The molecule has 0 N–H and O–H groups in total. The fourth-order valence-electron chi connectivity index (χ4n) is 8.98. The van der Waals surface area contributed by atoms with E-state index in [4.69, 9.17) is 9.97 Å². The summed E-state index contributed by atoms with van der Waals surface area (Å²) in [6.07, 6.45) is 0. The van der Waals surface area contributed by atoms with Crippen LogP contribution in [0.5, 0.6) is 0 Å². The summed E-state index contributed by atoms with van der Waals surface area (Å²) in [5, 5.41) is 9.71. The minimum absolute atomic E-state index is 0.702. The normalized spacial score (nSPS) is 11.8. The van der Waals surface area contributed by atoms with Gasteiger partial charge in [0.25, 0.3) is 0 Å². The van der Waals surface area contributed by atoms with Crippen molar-refractivity contribution in [2.24, 2.45) is 0 Å². The first-order valence-corrected chi connectivity index (χ1v) is 19.7. The van der Waals surface area contributed by atoms with E-state index >= 15 is 0 Å². The summed E-state index contributed by atoms with van der Waals surface area (Å²) in [7, 11) is 0. The highest BCUT2D eigenvalue weighted by molar-refractivity contribution is 6.19. The number of hydrogen-bond donors (Lipinski definition) is 0. The molecule has 0 aliphatic heterocycles. The molecule has 270 valence electrons. The lowest BCUT2D eigenvalue weighted by Gasteiger charge is -2.14. The van der Waals surface area contributed by atoms with Gasteiger partial charge in [-0.1, -0.05) is 152 Å². The highest BCUT2D eigenvalue weighted by Crippen LogP contribution is 2.41. The van der Waals surface area contributed by atoms with Crippen LogP contribution >= 0.6 is 0 Å². The van der Waals surface area contributed by atoms with Crippen LogP contribution in [0.15, 0.2) is 206 Å². The Balaban J connectivity index is 1.08. The fraction of sp³-hybridized carbons (Fsp3) is 0. The van der Waals surface area contributed by atoms with E-state index in [1.807, 2.05) is 12.1 Å². The Bertz CT molecular complexity index is 3500. The fourth-order valence-corrected chi connectivity index (χ4v) is 8.98. The summed E-state index contributed by atoms with van der Waals surface area (Å²) >= 11 is 0. The lowest BCUT2D eigenvalue weighted by atomic mass is 10.0. The predicted molar refractivity (Wildman–Crippen MR) is 242 cm³/mol. The number of fused-ring (bicyclic) bond motifs is 8. The molecule has 12 aromatic rings. The van der Waals surface area contributed by atoms with E-state index in [9.17, 15) is 0 Å². The first kappa shape index (κ1) is 32.4. The summed E-state index contributed by atoms with van der Waals surface area (Å²) in [5.41, 5.74) is 11.9. The molecular weight excluding hydrogens is 705 g/mol. The van der Waals surface area contributed by atoms with Crippen molar-refractivity contribution >= 4 is 65.2 Å². The van der Waals surface area contributed by atoms with Crippen molar-refractivity contribution in [1.29, 1.82) is 0 Å². The van der Waals surface area contributed by atoms with Crippen LogP contribution in [0.2, 0.25) is 0 Å². The van der Waals surface area contributed by atoms with Crippen LogP contribution in [0.3, 0.4) is 0 Å². The summed E-state index contributed by atoms with van der Waals surface area (Å²) in [6.45, 7) is 0. The highest BCUT2D eigenvalue weighted by atomic mass is 15.0. The number of aromatic nitrogens is 4. The molecule has 58 heavy (non-hydrogen) atoms. The van der Waals surface area contributed by atoms with Gasteiger partial charge in [-0.15, -0.1) is 0 Å². The lowest BCUT2D eigenvalue weighted by molar-refractivity contribution is 1.17.